The van der Waals surface area contributed by atoms with Crippen LogP contribution >= 0.6 is 0 Å². The normalized spacial score (nSPS) is 28.6. The Morgan fingerprint density at radius 1 is 1.58 bits per heavy atom. The van der Waals surface area contributed by atoms with Gasteiger partial charge in [0.15, 0.2) is 0 Å². The number of cyclic esters (lactones) is 1. The molecule has 2 atom stereocenters. The Kier molecular flexibility index (Phi) is 2.36. The molecule has 1 fully saturated rings. The molecule has 1 rings (SSSR count). The van der Waals surface area contributed by atoms with Crippen LogP contribution < -0.4 is 0 Å². The molecule has 0 saturated carbocycles. The van der Waals surface area contributed by atoms with Crippen molar-refractivity contribution >= 4 is 5.97 Å². The van der Waals surface area contributed by atoms with E-state index in [1.807, 2.05) is 26.8 Å². The third kappa shape index (κ3) is 1.58. The second kappa shape index (κ2) is 3.13. The lowest BCUT2D eigenvalue weighted by molar-refractivity contribution is -0.137. The highest BCUT2D eigenvalue weighted by atomic mass is 16.5. The summed E-state index contributed by atoms with van der Waals surface area (Å²) in [6.07, 6.45) is 1.86. The average Bonchev–Trinajstić information content (AvgIpc) is 2.17. The number of rotatable bonds is 1. The van der Waals surface area contributed by atoms with Gasteiger partial charge in [-0.1, -0.05) is 19.1 Å². The molecule has 0 aliphatic carbocycles. The predicted octanol–water partition coefficient (Wildman–Crippen LogP) is 2.07. The molecular weight excluding hydrogens is 152 g/mol. The van der Waals surface area contributed by atoms with Crippen molar-refractivity contribution in [2.45, 2.75) is 26.9 Å². The van der Waals surface area contributed by atoms with Crippen molar-refractivity contribution in [2.75, 3.05) is 0 Å². The first-order valence-electron chi connectivity index (χ1n) is 4.07. The Bertz CT molecular complexity index is 247. The zero-order chi connectivity index (χ0) is 9.30. The molecule has 0 N–H and O–H groups in total. The van der Waals surface area contributed by atoms with Crippen LogP contribution in [0, 0.1) is 5.92 Å². The second-order valence-corrected chi connectivity index (χ2v) is 3.43. The molecule has 12 heavy (non-hydrogen) atoms. The van der Waals surface area contributed by atoms with Gasteiger partial charge in [-0.2, -0.15) is 0 Å². The third-order valence-corrected chi connectivity index (χ3v) is 2.05. The molecule has 0 spiro atoms. The standard InChI is InChI=1S/C10H14O2/c1-6(2)5-9-7(3)8(4)10(11)12-9/h5,7,9H,4H2,1-3H3/t7-,9-/m1/s1. The molecule has 0 aromatic carbocycles. The van der Waals surface area contributed by atoms with Gasteiger partial charge in [-0.15, -0.1) is 0 Å². The molecular formula is C10H14O2. The Hall–Kier alpha value is -1.05. The highest BCUT2D eigenvalue weighted by Crippen LogP contribution is 2.27. The van der Waals surface area contributed by atoms with Crippen LogP contribution in [0.4, 0.5) is 0 Å². The summed E-state index contributed by atoms with van der Waals surface area (Å²) in [5, 5.41) is 0. The fourth-order valence-electron chi connectivity index (χ4n) is 1.19. The summed E-state index contributed by atoms with van der Waals surface area (Å²) >= 11 is 0. The van der Waals surface area contributed by atoms with E-state index < -0.39 is 0 Å². The monoisotopic (exact) mass is 166 g/mol. The number of carbonyl (C=O) groups excluding carboxylic acids is 1. The number of carbonyl (C=O) groups is 1. The molecule has 0 aromatic heterocycles. The lowest BCUT2D eigenvalue weighted by atomic mass is 9.98. The van der Waals surface area contributed by atoms with Crippen molar-refractivity contribution in [3.63, 3.8) is 0 Å². The average molecular weight is 166 g/mol. The van der Waals surface area contributed by atoms with Crippen LogP contribution in [0.2, 0.25) is 0 Å². The molecule has 0 amide bonds. The van der Waals surface area contributed by atoms with Crippen LogP contribution in [-0.2, 0) is 9.53 Å². The summed E-state index contributed by atoms with van der Waals surface area (Å²) in [6, 6.07) is 0. The van der Waals surface area contributed by atoms with Crippen molar-refractivity contribution in [3.8, 4) is 0 Å². The summed E-state index contributed by atoms with van der Waals surface area (Å²) < 4.78 is 5.08. The first-order valence-corrected chi connectivity index (χ1v) is 4.07. The Morgan fingerprint density at radius 2 is 2.17 bits per heavy atom. The van der Waals surface area contributed by atoms with Crippen LogP contribution in [0.3, 0.4) is 0 Å². The molecule has 1 heterocycles. The number of esters is 1. The van der Waals surface area contributed by atoms with Gasteiger partial charge in [-0.25, -0.2) is 4.79 Å². The topological polar surface area (TPSA) is 26.3 Å². The van der Waals surface area contributed by atoms with Gasteiger partial charge in [0, 0.05) is 11.5 Å². The molecule has 2 nitrogen and oxygen atoms in total. The summed E-state index contributed by atoms with van der Waals surface area (Å²) in [5.74, 6) is -0.141. The summed E-state index contributed by atoms with van der Waals surface area (Å²) in [7, 11) is 0. The third-order valence-electron chi connectivity index (χ3n) is 2.05. The van der Waals surface area contributed by atoms with Crippen LogP contribution in [0.5, 0.6) is 0 Å². The van der Waals surface area contributed by atoms with E-state index in [1.54, 1.807) is 0 Å². The van der Waals surface area contributed by atoms with Crippen molar-refractivity contribution in [2.24, 2.45) is 5.92 Å². The zero-order valence-corrected chi connectivity index (χ0v) is 7.76. The fraction of sp³-hybridized carbons (Fsp3) is 0.500. The fourth-order valence-corrected chi connectivity index (χ4v) is 1.19. The van der Waals surface area contributed by atoms with E-state index in [9.17, 15) is 4.79 Å². The number of hydrogen-bond acceptors (Lipinski definition) is 2. The zero-order valence-electron chi connectivity index (χ0n) is 7.76. The lowest BCUT2D eigenvalue weighted by Crippen LogP contribution is -2.10. The smallest absolute Gasteiger partial charge is 0.334 e. The van der Waals surface area contributed by atoms with E-state index in [1.165, 1.54) is 0 Å². The predicted molar refractivity (Wildman–Crippen MR) is 47.6 cm³/mol. The SMILES string of the molecule is C=C1C(=O)O[C@H](C=C(C)C)[C@@H]1C. The van der Waals surface area contributed by atoms with Crippen molar-refractivity contribution in [1.29, 1.82) is 0 Å². The van der Waals surface area contributed by atoms with Gasteiger partial charge < -0.3 is 4.74 Å². The Balaban J connectivity index is 2.78. The molecule has 66 valence electrons. The largest absolute Gasteiger partial charge is 0.454 e. The van der Waals surface area contributed by atoms with Crippen molar-refractivity contribution in [3.05, 3.63) is 23.8 Å². The minimum atomic E-state index is -0.259. The highest BCUT2D eigenvalue weighted by Gasteiger charge is 2.33. The minimum absolute atomic E-state index is 0.102. The van der Waals surface area contributed by atoms with Crippen molar-refractivity contribution < 1.29 is 9.53 Å². The highest BCUT2D eigenvalue weighted by molar-refractivity contribution is 5.90. The number of ether oxygens (including phenoxy) is 1. The molecule has 1 saturated heterocycles. The van der Waals surface area contributed by atoms with Crippen LogP contribution in [0.15, 0.2) is 23.8 Å². The van der Waals surface area contributed by atoms with Gasteiger partial charge in [-0.05, 0) is 19.9 Å². The first kappa shape index (κ1) is 9.04. The van der Waals surface area contributed by atoms with E-state index in [4.69, 9.17) is 4.74 Å². The van der Waals surface area contributed by atoms with E-state index in [-0.39, 0.29) is 18.0 Å². The van der Waals surface area contributed by atoms with Gasteiger partial charge in [0.2, 0.25) is 0 Å². The Morgan fingerprint density at radius 3 is 2.50 bits per heavy atom. The quantitative estimate of drug-likeness (QED) is 0.338. The maximum Gasteiger partial charge on any atom is 0.334 e. The van der Waals surface area contributed by atoms with Crippen molar-refractivity contribution in [1.82, 2.24) is 0 Å². The maximum absolute atomic E-state index is 11.0. The van der Waals surface area contributed by atoms with Gasteiger partial charge >= 0.3 is 5.97 Å². The molecule has 0 unspecified atom stereocenters. The molecule has 2 heteroatoms. The summed E-state index contributed by atoms with van der Waals surface area (Å²) in [5.41, 5.74) is 1.74. The van der Waals surface area contributed by atoms with Gasteiger partial charge in [-0.3, -0.25) is 0 Å². The number of allylic oxidation sites excluding steroid dienone is 1. The number of hydrogen-bond donors (Lipinski definition) is 0. The van der Waals surface area contributed by atoms with Crippen LogP contribution in [0.25, 0.3) is 0 Å². The van der Waals surface area contributed by atoms with Crippen LogP contribution in [-0.4, -0.2) is 12.1 Å². The van der Waals surface area contributed by atoms with E-state index in [0.29, 0.717) is 5.57 Å². The van der Waals surface area contributed by atoms with Crippen LogP contribution in [0.1, 0.15) is 20.8 Å². The summed E-state index contributed by atoms with van der Waals surface area (Å²) in [4.78, 5) is 11.0. The van der Waals surface area contributed by atoms with E-state index in [2.05, 4.69) is 6.58 Å². The molecule has 1 aliphatic heterocycles. The molecule has 1 aliphatic rings. The van der Waals surface area contributed by atoms with Gasteiger partial charge in [0.25, 0.3) is 0 Å². The van der Waals surface area contributed by atoms with Gasteiger partial charge in [0.1, 0.15) is 6.10 Å². The minimum Gasteiger partial charge on any atom is -0.454 e. The maximum atomic E-state index is 11.0. The molecule has 0 bridgehead atoms. The second-order valence-electron chi connectivity index (χ2n) is 3.43. The Labute approximate surface area is 72.9 Å². The lowest BCUT2D eigenvalue weighted by Gasteiger charge is -2.08. The van der Waals surface area contributed by atoms with E-state index >= 15 is 0 Å². The first-order chi connectivity index (χ1) is 5.52. The van der Waals surface area contributed by atoms with E-state index in [0.717, 1.165) is 5.57 Å². The molecule has 0 radical (unpaired) electrons. The molecule has 0 aromatic rings. The van der Waals surface area contributed by atoms with Gasteiger partial charge in [0.05, 0.1) is 0 Å². The summed E-state index contributed by atoms with van der Waals surface area (Å²) in [6.45, 7) is 9.60.